The van der Waals surface area contributed by atoms with E-state index in [4.69, 9.17) is 69.6 Å². The van der Waals surface area contributed by atoms with E-state index < -0.39 is 0 Å². The Kier molecular flexibility index (Phi) is 26.8. The van der Waals surface area contributed by atoms with Crippen molar-refractivity contribution in [3.05, 3.63) is 42.3 Å². The number of halogens is 6. The van der Waals surface area contributed by atoms with E-state index in [1.807, 2.05) is 0 Å². The average Bonchev–Trinajstić information content (AvgIpc) is 2.92. The molecule has 0 fully saturated rings. The van der Waals surface area contributed by atoms with Crippen LogP contribution < -0.4 is 0 Å². The van der Waals surface area contributed by atoms with Crippen LogP contribution in [0.25, 0.3) is 0 Å². The number of benzene rings is 2. The minimum Gasteiger partial charge on any atom is -0.324 e. The molecule has 1 nitrogen and oxygen atoms in total. The van der Waals surface area contributed by atoms with Crippen LogP contribution in [0.3, 0.4) is 0 Å². The van der Waals surface area contributed by atoms with Crippen LogP contribution in [0, 0.1) is 0 Å². The molecule has 2 rings (SSSR count). The van der Waals surface area contributed by atoms with Gasteiger partial charge in [-0.15, -0.1) is 50.5 Å². The van der Waals surface area contributed by atoms with Gasteiger partial charge < -0.3 is 4.48 Å². The predicted molar refractivity (Wildman–Crippen MR) is 191 cm³/mol. The van der Waals surface area contributed by atoms with Crippen LogP contribution in [0.5, 0.6) is 0 Å². The maximum Gasteiger partial charge on any atom is 2.00 e. The molecule has 0 aliphatic rings. The van der Waals surface area contributed by atoms with Crippen molar-refractivity contribution in [2.24, 2.45) is 0 Å². The summed E-state index contributed by atoms with van der Waals surface area (Å²) >= 11 is 50.6. The molecule has 0 saturated heterocycles. The van der Waals surface area contributed by atoms with Crippen molar-refractivity contribution in [1.82, 2.24) is 0 Å². The molecule has 0 heterocycles. The molecule has 0 unspecified atom stereocenters. The van der Waals surface area contributed by atoms with Crippen molar-refractivity contribution in [2.45, 2.75) is 98.6 Å². The topological polar surface area (TPSA) is 0 Å². The van der Waals surface area contributed by atoms with E-state index in [1.54, 1.807) is 12.1 Å². The van der Waals surface area contributed by atoms with E-state index >= 15 is 0 Å². The van der Waals surface area contributed by atoms with Gasteiger partial charge in [0.1, 0.15) is 0 Å². The Morgan fingerprint density at radius 1 is 0.500 bits per heavy atom. The van der Waals surface area contributed by atoms with Crippen LogP contribution >= 0.6 is 120 Å². The van der Waals surface area contributed by atoms with Gasteiger partial charge in [-0.05, 0) is 37.8 Å². The Labute approximate surface area is 305 Å². The van der Waals surface area contributed by atoms with Gasteiger partial charge in [-0.3, -0.25) is 0 Å². The van der Waals surface area contributed by atoms with Crippen LogP contribution in [-0.2, 0) is 16.5 Å². The van der Waals surface area contributed by atoms with Gasteiger partial charge in [0, 0.05) is 19.6 Å². The normalized spacial score (nSPS) is 10.8. The first-order valence-corrected chi connectivity index (χ1v) is 17.3. The monoisotopic (exact) mass is 788 g/mol. The summed E-state index contributed by atoms with van der Waals surface area (Å²) < 4.78 is 1.42. The zero-order valence-corrected chi connectivity index (χ0v) is 32.6. The first-order chi connectivity index (χ1) is 18.3. The standard InChI is InChI=1S/C16H36N.2C6H3Cl3S2.Ni/c1-5-9-13-17(14-10-6-2,15-11-7-3)16-12-8-4;2*7-2-1-3(10)6(11)5(9)4(2)8;/h5-16H2,1-4H3;2*1,10-11H;/q+1;;;+2. The van der Waals surface area contributed by atoms with Gasteiger partial charge in [-0.25, -0.2) is 0 Å². The van der Waals surface area contributed by atoms with Crippen LogP contribution in [0.4, 0.5) is 0 Å². The van der Waals surface area contributed by atoms with Crippen molar-refractivity contribution < 1.29 is 21.0 Å². The first kappa shape index (κ1) is 44.2. The largest absolute Gasteiger partial charge is 2.00 e. The molecule has 2 aromatic carbocycles. The van der Waals surface area contributed by atoms with E-state index in [0.29, 0.717) is 49.7 Å². The minimum atomic E-state index is 0. The third-order valence-electron chi connectivity index (χ3n) is 6.18. The second-order valence-electron chi connectivity index (χ2n) is 9.36. The molecule has 232 valence electrons. The van der Waals surface area contributed by atoms with Crippen molar-refractivity contribution in [3.8, 4) is 0 Å². The summed E-state index contributed by atoms with van der Waals surface area (Å²) in [6, 6.07) is 3.20. The number of quaternary nitrogens is 1. The molecule has 0 amide bonds. The summed E-state index contributed by atoms with van der Waals surface area (Å²) in [5, 5.41) is 2.09. The zero-order chi connectivity index (χ0) is 30.2. The Hall–Kier alpha value is 2.03. The second-order valence-corrected chi connectivity index (χ2v) is 13.5. The van der Waals surface area contributed by atoms with Gasteiger partial charge in [0.05, 0.1) is 56.3 Å². The first-order valence-electron chi connectivity index (χ1n) is 13.3. The fourth-order valence-electron chi connectivity index (χ4n) is 3.79. The van der Waals surface area contributed by atoms with Crippen molar-refractivity contribution in [1.29, 1.82) is 0 Å². The third-order valence-corrected chi connectivity index (χ3v) is 11.0. The van der Waals surface area contributed by atoms with E-state index in [2.05, 4.69) is 78.2 Å². The Bertz CT molecular complexity index is 862. The number of hydrogen-bond acceptors (Lipinski definition) is 4. The number of rotatable bonds is 12. The molecule has 12 heteroatoms. The number of hydrogen-bond donors (Lipinski definition) is 4. The van der Waals surface area contributed by atoms with Crippen molar-refractivity contribution in [2.75, 3.05) is 26.2 Å². The molecule has 0 atom stereocenters. The van der Waals surface area contributed by atoms with Gasteiger partial charge in [0.2, 0.25) is 0 Å². The SMILES string of the molecule is CCCC[N+](CCCC)(CCCC)CCCC.Sc1cc(Cl)c(Cl)c(Cl)c1S.Sc1cc(Cl)c(Cl)c(Cl)c1S.[Ni+2]. The summed E-state index contributed by atoms with van der Waals surface area (Å²) in [5.41, 5.74) is 0. The zero-order valence-electron chi connectivity index (χ0n) is 23.5. The summed E-state index contributed by atoms with van der Waals surface area (Å²) in [4.78, 5) is 2.33. The molecule has 0 N–H and O–H groups in total. The van der Waals surface area contributed by atoms with Gasteiger partial charge in [0.25, 0.3) is 0 Å². The molecule has 0 spiro atoms. The fourth-order valence-corrected chi connectivity index (χ4v) is 6.25. The fraction of sp³-hybridized carbons (Fsp3) is 0.571. The van der Waals surface area contributed by atoms with Gasteiger partial charge in [0.15, 0.2) is 0 Å². The van der Waals surface area contributed by atoms with Crippen molar-refractivity contribution in [3.63, 3.8) is 0 Å². The Morgan fingerprint density at radius 2 is 0.750 bits per heavy atom. The molecule has 0 aliphatic carbocycles. The summed E-state index contributed by atoms with van der Waals surface area (Å²) in [7, 11) is 0. The number of nitrogens with zero attached hydrogens (tertiary/aromatic N) is 1. The molecule has 2 aromatic rings. The van der Waals surface area contributed by atoms with Crippen LogP contribution in [0.1, 0.15) is 79.1 Å². The summed E-state index contributed by atoms with van der Waals surface area (Å²) in [6.45, 7) is 15.0. The second kappa shape index (κ2) is 24.3. The third kappa shape index (κ3) is 15.9. The van der Waals surface area contributed by atoms with Gasteiger partial charge in [-0.1, -0.05) is 123 Å². The number of thiol groups is 4. The van der Waals surface area contributed by atoms with Crippen molar-refractivity contribution >= 4 is 120 Å². The molecule has 40 heavy (non-hydrogen) atoms. The molecule has 0 aliphatic heterocycles. The average molecular weight is 792 g/mol. The van der Waals surface area contributed by atoms with Crippen LogP contribution in [-0.4, -0.2) is 30.7 Å². The molecule has 0 saturated carbocycles. The van der Waals surface area contributed by atoms with Gasteiger partial charge in [-0.2, -0.15) is 0 Å². The van der Waals surface area contributed by atoms with E-state index in [1.165, 1.54) is 82.0 Å². The maximum atomic E-state index is 5.75. The molecule has 0 radical (unpaired) electrons. The van der Waals surface area contributed by atoms with E-state index in [-0.39, 0.29) is 16.5 Å². The van der Waals surface area contributed by atoms with Crippen LogP contribution in [0.15, 0.2) is 31.7 Å². The minimum absolute atomic E-state index is 0. The van der Waals surface area contributed by atoms with E-state index in [0.717, 1.165) is 0 Å². The smallest absolute Gasteiger partial charge is 0.324 e. The summed E-state index contributed by atoms with van der Waals surface area (Å²) in [5.74, 6) is 0. The summed E-state index contributed by atoms with van der Waals surface area (Å²) in [6.07, 6.45) is 11.1. The molecule has 0 bridgehead atoms. The van der Waals surface area contributed by atoms with E-state index in [9.17, 15) is 0 Å². The quantitative estimate of drug-likeness (QED) is 0.0700. The Morgan fingerprint density at radius 3 is 0.975 bits per heavy atom. The number of unbranched alkanes of at least 4 members (excludes halogenated alkanes) is 4. The molecule has 0 aromatic heterocycles. The molecular formula is C28H42Cl6NNiS4+3. The Balaban J connectivity index is 0. The predicted octanol–water partition coefficient (Wildman–Crippen LogP) is 13.4. The van der Waals surface area contributed by atoms with Crippen LogP contribution in [0.2, 0.25) is 30.1 Å². The molecular weight excluding hydrogens is 750 g/mol. The van der Waals surface area contributed by atoms with Gasteiger partial charge >= 0.3 is 16.5 Å². The maximum absolute atomic E-state index is 5.75.